The van der Waals surface area contributed by atoms with E-state index in [2.05, 4.69) is 27.7 Å². The third-order valence-corrected chi connectivity index (χ3v) is 20.9. The monoisotopic (exact) mass is 877 g/mol. The Hall–Kier alpha value is 0.430. The van der Waals surface area contributed by atoms with Crippen molar-refractivity contribution in [2.24, 2.45) is 0 Å². The van der Waals surface area contributed by atoms with E-state index in [1.165, 1.54) is 289 Å². The van der Waals surface area contributed by atoms with Crippen LogP contribution in [0, 0.1) is 0 Å². The molecule has 0 aromatic heterocycles. The summed E-state index contributed by atoms with van der Waals surface area (Å²) >= 11 is 0. The first kappa shape index (κ1) is 61.4. The van der Waals surface area contributed by atoms with Crippen LogP contribution in [0.5, 0.6) is 0 Å². The quantitative estimate of drug-likeness (QED) is 0.0422. The van der Waals surface area contributed by atoms with Crippen molar-refractivity contribution in [3.05, 3.63) is 0 Å². The molecule has 0 N–H and O–H groups in total. The molecule has 0 fully saturated rings. The van der Waals surface area contributed by atoms with Crippen molar-refractivity contribution in [2.75, 3.05) is 24.6 Å². The van der Waals surface area contributed by atoms with E-state index in [-0.39, 0.29) is 0 Å². The molecule has 1 heteroatoms. The molecule has 0 aromatic rings. The van der Waals surface area contributed by atoms with E-state index in [0.29, 0.717) is 0 Å². The first-order valence-electron chi connectivity index (χ1n) is 30.2. The predicted molar refractivity (Wildman–Crippen MR) is 291 cm³/mol. The van der Waals surface area contributed by atoms with Gasteiger partial charge in [0.2, 0.25) is 0 Å². The maximum atomic E-state index is 2.37. The van der Waals surface area contributed by atoms with Crippen LogP contribution in [0.15, 0.2) is 0 Å². The molecule has 0 aliphatic heterocycles. The Kier molecular flexibility index (Phi) is 55.1. The van der Waals surface area contributed by atoms with Crippen LogP contribution in [0.4, 0.5) is 0 Å². The second-order valence-corrected chi connectivity index (χ2v) is 26.5. The number of hydrogen-bond donors (Lipinski definition) is 0. The van der Waals surface area contributed by atoms with E-state index >= 15 is 0 Å². The summed E-state index contributed by atoms with van der Waals surface area (Å²) < 4.78 is 0. The molecule has 0 saturated heterocycles. The maximum absolute atomic E-state index is 2.37. The van der Waals surface area contributed by atoms with Gasteiger partial charge in [0, 0.05) is 0 Å². The van der Waals surface area contributed by atoms with Gasteiger partial charge >= 0.3 is 296 Å². The summed E-state index contributed by atoms with van der Waals surface area (Å²) in [7, 11) is -1.19. The van der Waals surface area contributed by atoms with Crippen LogP contribution in [-0.4, -0.2) is 24.6 Å². The van der Waals surface area contributed by atoms with E-state index in [0.717, 1.165) is 0 Å². The average molecular weight is 878 g/mol. The van der Waals surface area contributed by atoms with Crippen molar-refractivity contribution in [2.45, 2.75) is 362 Å². The van der Waals surface area contributed by atoms with Gasteiger partial charge in [-0.3, -0.25) is 0 Å². The molecule has 0 aliphatic carbocycles. The first-order valence-corrected chi connectivity index (χ1v) is 33.1. The van der Waals surface area contributed by atoms with Gasteiger partial charge in [0.25, 0.3) is 0 Å². The normalized spacial score (nSPS) is 12.3. The standard InChI is InChI=1S/C60H125P/c1-5-9-13-17-21-24-27-30-33-36-39-42-46-50-54-58-61(57-53-49-45-20-16-12-8-4,59-55-51-47-43-40-37-34-31-28-25-22-18-14-10-6-2)60-56-52-48-44-41-38-35-32-29-26-23-19-15-11-7-3/h61H,5-60H2,1-4H3. The smallest absolute Gasteiger partial charge is 0.0654 e. The van der Waals surface area contributed by atoms with Gasteiger partial charge < -0.3 is 0 Å². The fourth-order valence-electron chi connectivity index (χ4n) is 10.8. The topological polar surface area (TPSA) is 0 Å². The molecule has 0 bridgehead atoms. The molecule has 370 valence electrons. The van der Waals surface area contributed by atoms with E-state index in [4.69, 9.17) is 0 Å². The molecule has 0 saturated carbocycles. The molecular weight excluding hydrogens is 752 g/mol. The van der Waals surface area contributed by atoms with Gasteiger partial charge in [-0.25, -0.2) is 0 Å². The van der Waals surface area contributed by atoms with E-state index in [1.54, 1.807) is 69.6 Å². The second kappa shape index (κ2) is 54.8. The van der Waals surface area contributed by atoms with Crippen LogP contribution >= 0.6 is 7.26 Å². The molecule has 0 unspecified atom stereocenters. The third-order valence-electron chi connectivity index (χ3n) is 15.2. The molecule has 0 spiro atoms. The van der Waals surface area contributed by atoms with Crippen molar-refractivity contribution in [3.8, 4) is 0 Å². The first-order chi connectivity index (χ1) is 30.2. The van der Waals surface area contributed by atoms with Gasteiger partial charge in [0.15, 0.2) is 0 Å². The molecule has 0 heterocycles. The van der Waals surface area contributed by atoms with E-state index in [1.807, 2.05) is 0 Å². The third kappa shape index (κ3) is 49.7. The van der Waals surface area contributed by atoms with Gasteiger partial charge in [0.1, 0.15) is 0 Å². The Labute approximate surface area is 391 Å². The molecular formula is C60H125P. The molecule has 61 heavy (non-hydrogen) atoms. The molecule has 0 amide bonds. The van der Waals surface area contributed by atoms with Gasteiger partial charge in [-0.15, -0.1) is 0 Å². The number of hydrogen-bond acceptors (Lipinski definition) is 0. The Bertz CT molecular complexity index is 660. The van der Waals surface area contributed by atoms with Gasteiger partial charge in [-0.1, -0.05) is 97.8 Å². The minimum Gasteiger partial charge on any atom is -0.0654 e. The average Bonchev–Trinajstić information content (AvgIpc) is 3.27. The fraction of sp³-hybridized carbons (Fsp3) is 1.00. The van der Waals surface area contributed by atoms with Crippen molar-refractivity contribution in [1.29, 1.82) is 0 Å². The molecule has 0 rings (SSSR count). The Balaban J connectivity index is 4.76. The number of unbranched alkanes of at least 4 members (excludes halogenated alkanes) is 48. The molecule has 0 nitrogen and oxygen atoms in total. The second-order valence-electron chi connectivity index (χ2n) is 21.5. The summed E-state index contributed by atoms with van der Waals surface area (Å²) in [6.45, 7) is 9.36. The Morgan fingerprint density at radius 1 is 0.131 bits per heavy atom. The summed E-state index contributed by atoms with van der Waals surface area (Å²) in [5, 5.41) is 0. The zero-order chi connectivity index (χ0) is 44.1. The van der Waals surface area contributed by atoms with E-state index in [9.17, 15) is 0 Å². The van der Waals surface area contributed by atoms with Crippen molar-refractivity contribution < 1.29 is 0 Å². The van der Waals surface area contributed by atoms with Gasteiger partial charge in [0.05, 0.1) is 0 Å². The van der Waals surface area contributed by atoms with Gasteiger partial charge in [-0.2, -0.15) is 0 Å². The minimum absolute atomic E-state index is 1.19. The molecule has 0 aromatic carbocycles. The van der Waals surface area contributed by atoms with Crippen LogP contribution in [-0.2, 0) is 0 Å². The van der Waals surface area contributed by atoms with Crippen molar-refractivity contribution in [1.82, 2.24) is 0 Å². The van der Waals surface area contributed by atoms with Crippen LogP contribution in [0.25, 0.3) is 0 Å². The predicted octanol–water partition coefficient (Wildman–Crippen LogP) is 23.1. The summed E-state index contributed by atoms with van der Waals surface area (Å²) in [5.41, 5.74) is 0. The van der Waals surface area contributed by atoms with Crippen LogP contribution in [0.3, 0.4) is 0 Å². The van der Waals surface area contributed by atoms with Crippen molar-refractivity contribution >= 4 is 7.26 Å². The van der Waals surface area contributed by atoms with Crippen LogP contribution in [0.1, 0.15) is 362 Å². The zero-order valence-corrected chi connectivity index (χ0v) is 45.1. The zero-order valence-electron chi connectivity index (χ0n) is 44.1. The minimum atomic E-state index is -1.19. The molecule has 0 radical (unpaired) electrons. The number of rotatable bonds is 56. The summed E-state index contributed by atoms with van der Waals surface area (Å²) in [5.74, 6) is 0. The van der Waals surface area contributed by atoms with Gasteiger partial charge in [-0.05, 0) is 0 Å². The molecule has 0 aliphatic rings. The summed E-state index contributed by atoms with van der Waals surface area (Å²) in [6.07, 6.45) is 84.5. The van der Waals surface area contributed by atoms with Crippen molar-refractivity contribution in [3.63, 3.8) is 0 Å². The summed E-state index contributed by atoms with van der Waals surface area (Å²) in [6, 6.07) is 0. The Morgan fingerprint density at radius 3 is 0.344 bits per heavy atom. The van der Waals surface area contributed by atoms with Crippen LogP contribution < -0.4 is 0 Å². The Morgan fingerprint density at radius 2 is 0.230 bits per heavy atom. The van der Waals surface area contributed by atoms with E-state index < -0.39 is 7.26 Å². The van der Waals surface area contributed by atoms with Crippen LogP contribution in [0.2, 0.25) is 0 Å². The fourth-order valence-corrected chi connectivity index (χ4v) is 16.3. The SMILES string of the molecule is CCCCCCCCCCCCCCCCC[PH](CCCCCCCCC)(CCCCCCCCCCCCCCCCC)CCCCCCCCCCCCCCCCC. The summed E-state index contributed by atoms with van der Waals surface area (Å²) in [4.78, 5) is 0. The molecule has 0 atom stereocenters.